The molecule has 0 radical (unpaired) electrons. The fourth-order valence-electron chi connectivity index (χ4n) is 3.83. The number of fused-ring (bicyclic) bond motifs is 1. The maximum Gasteiger partial charge on any atom is 0.264 e. The summed E-state index contributed by atoms with van der Waals surface area (Å²) in [6.07, 6.45) is -0.152. The number of amides is 1. The van der Waals surface area contributed by atoms with E-state index < -0.39 is 16.1 Å². The van der Waals surface area contributed by atoms with E-state index in [-0.39, 0.29) is 23.9 Å². The molecule has 0 aliphatic carbocycles. The fourth-order valence-corrected chi connectivity index (χ4v) is 5.47. The smallest absolute Gasteiger partial charge is 0.264 e. The van der Waals surface area contributed by atoms with Gasteiger partial charge in [-0.05, 0) is 35.9 Å². The van der Waals surface area contributed by atoms with Gasteiger partial charge in [0.1, 0.15) is 5.75 Å². The Morgan fingerprint density at radius 3 is 2.42 bits per heavy atom. The van der Waals surface area contributed by atoms with E-state index in [1.807, 2.05) is 0 Å². The molecular weight excluding hydrogens is 444 g/mol. The van der Waals surface area contributed by atoms with Gasteiger partial charge in [0.05, 0.1) is 19.1 Å². The third kappa shape index (κ3) is 4.17. The second kappa shape index (κ2) is 8.57. The minimum absolute atomic E-state index is 0.122. The van der Waals surface area contributed by atoms with Crippen LogP contribution in [0.3, 0.4) is 0 Å². The molecule has 1 amide bonds. The number of hydrogen-bond acceptors (Lipinski definition) is 6. The maximum absolute atomic E-state index is 13.1. The van der Waals surface area contributed by atoms with Crippen molar-refractivity contribution < 1.29 is 27.4 Å². The Balaban J connectivity index is 1.41. The van der Waals surface area contributed by atoms with Crippen LogP contribution in [-0.4, -0.2) is 70.0 Å². The number of methoxy groups -OCH3 is 2. The second-order valence-corrected chi connectivity index (χ2v) is 9.68. The predicted octanol–water partition coefficient (Wildman–Crippen LogP) is 2.19. The highest BCUT2D eigenvalue weighted by atomic mass is 35.5. The van der Waals surface area contributed by atoms with Gasteiger partial charge in [0.2, 0.25) is 10.0 Å². The lowest BCUT2D eigenvalue weighted by Gasteiger charge is -2.35. The molecule has 0 spiro atoms. The molecule has 31 heavy (non-hydrogen) atoms. The molecule has 2 heterocycles. The van der Waals surface area contributed by atoms with E-state index >= 15 is 0 Å². The summed E-state index contributed by atoms with van der Waals surface area (Å²) >= 11 is 6.02. The Labute approximate surface area is 186 Å². The van der Waals surface area contributed by atoms with Crippen LogP contribution in [0.1, 0.15) is 5.56 Å². The Morgan fingerprint density at radius 2 is 1.74 bits per heavy atom. The molecular formula is C21H23ClN2O6S. The van der Waals surface area contributed by atoms with Gasteiger partial charge in [0.15, 0.2) is 17.6 Å². The lowest BCUT2D eigenvalue weighted by molar-refractivity contribution is -0.139. The number of hydrogen-bond donors (Lipinski definition) is 0. The van der Waals surface area contributed by atoms with Crippen LogP contribution in [0.2, 0.25) is 5.02 Å². The van der Waals surface area contributed by atoms with Crippen molar-refractivity contribution in [3.63, 3.8) is 0 Å². The zero-order valence-electron chi connectivity index (χ0n) is 17.2. The Bertz CT molecular complexity index is 1100. The number of rotatable bonds is 5. The van der Waals surface area contributed by atoms with E-state index in [2.05, 4.69) is 0 Å². The van der Waals surface area contributed by atoms with Crippen molar-refractivity contribution in [2.24, 2.45) is 0 Å². The number of benzene rings is 2. The third-order valence-electron chi connectivity index (χ3n) is 5.52. The minimum atomic E-state index is -3.72. The highest BCUT2D eigenvalue weighted by molar-refractivity contribution is 7.89. The van der Waals surface area contributed by atoms with Crippen LogP contribution in [0.5, 0.6) is 17.2 Å². The molecule has 0 saturated carbocycles. The zero-order valence-corrected chi connectivity index (χ0v) is 18.8. The number of halogens is 1. The zero-order chi connectivity index (χ0) is 22.2. The van der Waals surface area contributed by atoms with Crippen molar-refractivity contribution >= 4 is 27.5 Å². The van der Waals surface area contributed by atoms with Gasteiger partial charge in [-0.1, -0.05) is 11.6 Å². The molecule has 4 rings (SSSR count). The van der Waals surface area contributed by atoms with Gasteiger partial charge in [-0.2, -0.15) is 4.31 Å². The maximum atomic E-state index is 13.1. The lowest BCUT2D eigenvalue weighted by atomic mass is 10.1. The largest absolute Gasteiger partial charge is 0.493 e. The van der Waals surface area contributed by atoms with E-state index in [1.54, 1.807) is 29.2 Å². The highest BCUT2D eigenvalue weighted by Crippen LogP contribution is 2.33. The fraction of sp³-hybridized carbons (Fsp3) is 0.381. The summed E-state index contributed by atoms with van der Waals surface area (Å²) in [6, 6.07) is 9.79. The second-order valence-electron chi connectivity index (χ2n) is 7.31. The summed E-state index contributed by atoms with van der Waals surface area (Å²) in [5, 5.41) is 0.601. The van der Waals surface area contributed by atoms with Crippen molar-refractivity contribution in [2.75, 3.05) is 40.4 Å². The van der Waals surface area contributed by atoms with Crippen molar-refractivity contribution in [1.82, 2.24) is 9.21 Å². The molecule has 0 aromatic heterocycles. The molecule has 2 aliphatic heterocycles. The molecule has 1 atom stereocenters. The van der Waals surface area contributed by atoms with Crippen molar-refractivity contribution in [3.05, 3.63) is 47.0 Å². The average Bonchev–Trinajstić information content (AvgIpc) is 3.21. The number of ether oxygens (including phenoxy) is 3. The number of carbonyl (C=O) groups is 1. The molecule has 1 unspecified atom stereocenters. The number of piperazine rings is 1. The van der Waals surface area contributed by atoms with Crippen LogP contribution in [0, 0.1) is 0 Å². The SMILES string of the molecule is COc1ccc(S(=O)(=O)N2CCN(C(=O)C3Cc4cc(Cl)ccc4O3)CC2)cc1OC. The third-order valence-corrected chi connectivity index (χ3v) is 7.65. The predicted molar refractivity (Wildman–Crippen MR) is 114 cm³/mol. The topological polar surface area (TPSA) is 85.4 Å². The minimum Gasteiger partial charge on any atom is -0.493 e. The summed E-state index contributed by atoms with van der Waals surface area (Å²) in [5.74, 6) is 1.32. The van der Waals surface area contributed by atoms with Gasteiger partial charge in [-0.15, -0.1) is 0 Å². The Hall–Kier alpha value is -2.49. The Morgan fingerprint density at radius 1 is 1.03 bits per heavy atom. The van der Waals surface area contributed by atoms with E-state index in [0.29, 0.717) is 41.8 Å². The lowest BCUT2D eigenvalue weighted by Crippen LogP contribution is -2.53. The van der Waals surface area contributed by atoms with Crippen molar-refractivity contribution in [3.8, 4) is 17.2 Å². The normalized spacial score (nSPS) is 18.9. The van der Waals surface area contributed by atoms with Gasteiger partial charge in [0, 0.05) is 43.7 Å². The monoisotopic (exact) mass is 466 g/mol. The van der Waals surface area contributed by atoms with Crippen LogP contribution in [-0.2, 0) is 21.2 Å². The van der Waals surface area contributed by atoms with E-state index in [4.69, 9.17) is 25.8 Å². The summed E-state index contributed by atoms with van der Waals surface area (Å²) in [7, 11) is -0.778. The molecule has 10 heteroatoms. The van der Waals surface area contributed by atoms with Gasteiger partial charge < -0.3 is 19.1 Å². The van der Waals surface area contributed by atoms with Crippen LogP contribution in [0.4, 0.5) is 0 Å². The number of nitrogens with zero attached hydrogens (tertiary/aromatic N) is 2. The average molecular weight is 467 g/mol. The van der Waals surface area contributed by atoms with Crippen molar-refractivity contribution in [2.45, 2.75) is 17.4 Å². The van der Waals surface area contributed by atoms with Crippen LogP contribution >= 0.6 is 11.6 Å². The molecule has 2 aromatic rings. The molecule has 2 aliphatic rings. The van der Waals surface area contributed by atoms with E-state index in [9.17, 15) is 13.2 Å². The van der Waals surface area contributed by atoms with Crippen molar-refractivity contribution in [1.29, 1.82) is 0 Å². The summed E-state index contributed by atoms with van der Waals surface area (Å²) in [6.45, 7) is 0.993. The summed E-state index contributed by atoms with van der Waals surface area (Å²) < 4.78 is 43.7. The van der Waals surface area contributed by atoms with Crippen LogP contribution < -0.4 is 14.2 Å². The van der Waals surface area contributed by atoms with E-state index in [0.717, 1.165) is 5.56 Å². The number of carbonyl (C=O) groups excluding carboxylic acids is 1. The molecule has 2 aromatic carbocycles. The van der Waals surface area contributed by atoms with E-state index in [1.165, 1.54) is 30.7 Å². The van der Waals surface area contributed by atoms with Gasteiger partial charge in [0.25, 0.3) is 5.91 Å². The molecule has 0 N–H and O–H groups in total. The first-order valence-corrected chi connectivity index (χ1v) is 11.6. The van der Waals surface area contributed by atoms with Crippen LogP contribution in [0.15, 0.2) is 41.3 Å². The summed E-state index contributed by atoms with van der Waals surface area (Å²) in [5.41, 5.74) is 0.903. The quantitative estimate of drug-likeness (QED) is 0.671. The molecule has 166 valence electrons. The van der Waals surface area contributed by atoms with Gasteiger partial charge >= 0.3 is 0 Å². The first kappa shape index (κ1) is 21.7. The number of sulfonamides is 1. The first-order valence-electron chi connectivity index (χ1n) is 9.79. The molecule has 1 fully saturated rings. The van der Waals surface area contributed by atoms with Gasteiger partial charge in [-0.3, -0.25) is 4.79 Å². The highest BCUT2D eigenvalue weighted by Gasteiger charge is 2.36. The first-order chi connectivity index (χ1) is 14.8. The molecule has 1 saturated heterocycles. The molecule has 0 bridgehead atoms. The standard InChI is InChI=1S/C21H23ClN2O6S/c1-28-18-6-4-16(13-19(18)29-2)31(26,27)24-9-7-23(8-10-24)21(25)20-12-14-11-15(22)3-5-17(14)30-20/h3-6,11,13,20H,7-10,12H2,1-2H3. The molecule has 8 nitrogen and oxygen atoms in total. The summed E-state index contributed by atoms with van der Waals surface area (Å²) in [4.78, 5) is 14.7. The van der Waals surface area contributed by atoms with Gasteiger partial charge in [-0.25, -0.2) is 8.42 Å². The Kier molecular flexibility index (Phi) is 6.00. The van der Waals surface area contributed by atoms with Crippen LogP contribution in [0.25, 0.3) is 0 Å².